The van der Waals surface area contributed by atoms with Gasteiger partial charge in [-0.2, -0.15) is 0 Å². The van der Waals surface area contributed by atoms with Crippen LogP contribution in [0.5, 0.6) is 0 Å². The molecular formula is C14H19N3O. The maximum Gasteiger partial charge on any atom is 0.237 e. The molecule has 1 unspecified atom stereocenters. The van der Waals surface area contributed by atoms with Crippen LogP contribution in [0.4, 0.5) is 5.69 Å². The quantitative estimate of drug-likeness (QED) is 0.745. The van der Waals surface area contributed by atoms with E-state index in [0.29, 0.717) is 0 Å². The fourth-order valence-corrected chi connectivity index (χ4v) is 2.76. The molecule has 4 heteroatoms. The smallest absolute Gasteiger partial charge is 0.237 e. The van der Waals surface area contributed by atoms with E-state index in [1.807, 2.05) is 0 Å². The lowest BCUT2D eigenvalue weighted by Crippen LogP contribution is -2.47. The first-order valence-electron chi connectivity index (χ1n) is 6.70. The summed E-state index contributed by atoms with van der Waals surface area (Å²) in [5.41, 5.74) is 3.92. The van der Waals surface area contributed by atoms with Crippen LogP contribution in [0.2, 0.25) is 0 Å². The second kappa shape index (κ2) is 4.98. The van der Waals surface area contributed by atoms with E-state index in [9.17, 15) is 4.79 Å². The molecule has 4 nitrogen and oxygen atoms in total. The van der Waals surface area contributed by atoms with E-state index >= 15 is 0 Å². The fourth-order valence-electron chi connectivity index (χ4n) is 2.76. The van der Waals surface area contributed by atoms with Crippen LogP contribution in [0.3, 0.4) is 0 Å². The average Bonchev–Trinajstić information content (AvgIpc) is 2.86. The number of carbonyl (C=O) groups excluding carboxylic acids is 1. The zero-order valence-electron chi connectivity index (χ0n) is 10.5. The van der Waals surface area contributed by atoms with Gasteiger partial charge >= 0.3 is 0 Å². The average molecular weight is 245 g/mol. The molecule has 1 fully saturated rings. The van der Waals surface area contributed by atoms with Gasteiger partial charge < -0.3 is 16.0 Å². The lowest BCUT2D eigenvalue weighted by atomic mass is 10.0. The molecule has 2 heterocycles. The van der Waals surface area contributed by atoms with E-state index in [4.69, 9.17) is 0 Å². The molecule has 2 aliphatic rings. The van der Waals surface area contributed by atoms with Crippen molar-refractivity contribution in [2.75, 3.05) is 18.4 Å². The molecule has 1 amide bonds. The maximum absolute atomic E-state index is 11.7. The van der Waals surface area contributed by atoms with Crippen LogP contribution in [0.25, 0.3) is 0 Å². The van der Waals surface area contributed by atoms with Gasteiger partial charge in [0.2, 0.25) is 5.91 Å². The SMILES string of the molecule is O=C1NCCCC1NCc1cccc2c1NCC2. The summed E-state index contributed by atoms with van der Waals surface area (Å²) in [4.78, 5) is 11.7. The molecule has 0 saturated carbocycles. The number of benzene rings is 1. The fraction of sp³-hybridized carbons (Fsp3) is 0.500. The van der Waals surface area contributed by atoms with Crippen molar-refractivity contribution in [3.63, 3.8) is 0 Å². The molecule has 18 heavy (non-hydrogen) atoms. The zero-order chi connectivity index (χ0) is 12.4. The van der Waals surface area contributed by atoms with Crippen LogP contribution in [0.1, 0.15) is 24.0 Å². The Morgan fingerprint density at radius 3 is 3.11 bits per heavy atom. The molecule has 3 rings (SSSR count). The number of nitrogens with one attached hydrogen (secondary N) is 3. The predicted octanol–water partition coefficient (Wildman–Crippen LogP) is 1.02. The predicted molar refractivity (Wildman–Crippen MR) is 71.5 cm³/mol. The number of hydrogen-bond donors (Lipinski definition) is 3. The van der Waals surface area contributed by atoms with Crippen LogP contribution in [-0.2, 0) is 17.8 Å². The molecule has 0 radical (unpaired) electrons. The Labute approximate surface area is 107 Å². The Bertz CT molecular complexity index is 458. The van der Waals surface area contributed by atoms with Gasteiger partial charge in [-0.15, -0.1) is 0 Å². The molecule has 1 atom stereocenters. The first-order chi connectivity index (χ1) is 8.84. The number of carbonyl (C=O) groups is 1. The van der Waals surface area contributed by atoms with Crippen molar-refractivity contribution in [3.05, 3.63) is 29.3 Å². The highest BCUT2D eigenvalue weighted by Gasteiger charge is 2.22. The molecule has 1 aromatic carbocycles. The minimum atomic E-state index is -0.0315. The highest BCUT2D eigenvalue weighted by Crippen LogP contribution is 2.26. The molecule has 2 aliphatic heterocycles. The Hall–Kier alpha value is -1.55. The Balaban J connectivity index is 1.66. The van der Waals surface area contributed by atoms with Crippen LogP contribution < -0.4 is 16.0 Å². The maximum atomic E-state index is 11.7. The number of amides is 1. The van der Waals surface area contributed by atoms with E-state index < -0.39 is 0 Å². The van der Waals surface area contributed by atoms with Gasteiger partial charge in [0.25, 0.3) is 0 Å². The van der Waals surface area contributed by atoms with Crippen molar-refractivity contribution >= 4 is 11.6 Å². The summed E-state index contributed by atoms with van der Waals surface area (Å²) in [6.45, 7) is 2.60. The number of fused-ring (bicyclic) bond motifs is 1. The summed E-state index contributed by atoms with van der Waals surface area (Å²) in [6.07, 6.45) is 3.11. The van der Waals surface area contributed by atoms with Gasteiger partial charge in [-0.1, -0.05) is 18.2 Å². The van der Waals surface area contributed by atoms with Crippen molar-refractivity contribution in [3.8, 4) is 0 Å². The van der Waals surface area contributed by atoms with Crippen molar-refractivity contribution in [1.82, 2.24) is 10.6 Å². The lowest BCUT2D eigenvalue weighted by molar-refractivity contribution is -0.124. The highest BCUT2D eigenvalue weighted by atomic mass is 16.2. The van der Waals surface area contributed by atoms with Crippen LogP contribution in [-0.4, -0.2) is 25.0 Å². The lowest BCUT2D eigenvalue weighted by Gasteiger charge is -2.23. The third kappa shape index (κ3) is 2.20. The highest BCUT2D eigenvalue weighted by molar-refractivity contribution is 5.82. The van der Waals surface area contributed by atoms with E-state index in [1.165, 1.54) is 16.8 Å². The normalized spacial score (nSPS) is 22.2. The minimum absolute atomic E-state index is 0.0315. The minimum Gasteiger partial charge on any atom is -0.384 e. The summed E-state index contributed by atoms with van der Waals surface area (Å²) in [7, 11) is 0. The molecule has 0 bridgehead atoms. The van der Waals surface area contributed by atoms with E-state index in [-0.39, 0.29) is 11.9 Å². The summed E-state index contributed by atoms with van der Waals surface area (Å²) >= 11 is 0. The molecule has 0 aliphatic carbocycles. The first kappa shape index (κ1) is 11.5. The van der Waals surface area contributed by atoms with Gasteiger partial charge in [0, 0.05) is 25.3 Å². The van der Waals surface area contributed by atoms with Crippen molar-refractivity contribution < 1.29 is 4.79 Å². The van der Waals surface area contributed by atoms with Gasteiger partial charge in [0.15, 0.2) is 0 Å². The number of para-hydroxylation sites is 1. The number of anilines is 1. The van der Waals surface area contributed by atoms with Crippen LogP contribution in [0, 0.1) is 0 Å². The molecule has 1 aromatic rings. The summed E-state index contributed by atoms with van der Waals surface area (Å²) in [6, 6.07) is 6.37. The van der Waals surface area contributed by atoms with E-state index in [0.717, 1.165) is 38.9 Å². The van der Waals surface area contributed by atoms with Gasteiger partial charge in [-0.3, -0.25) is 4.79 Å². The van der Waals surface area contributed by atoms with Crippen molar-refractivity contribution in [2.45, 2.75) is 31.8 Å². The third-order valence-electron chi connectivity index (χ3n) is 3.76. The molecule has 0 aromatic heterocycles. The monoisotopic (exact) mass is 245 g/mol. The largest absolute Gasteiger partial charge is 0.384 e. The second-order valence-electron chi connectivity index (χ2n) is 4.99. The molecule has 3 N–H and O–H groups in total. The number of rotatable bonds is 3. The zero-order valence-corrected chi connectivity index (χ0v) is 10.5. The Kier molecular flexibility index (Phi) is 3.19. The van der Waals surface area contributed by atoms with Gasteiger partial charge in [-0.25, -0.2) is 0 Å². The molecular weight excluding hydrogens is 226 g/mol. The molecule has 0 spiro atoms. The van der Waals surface area contributed by atoms with Gasteiger partial charge in [0.1, 0.15) is 0 Å². The Morgan fingerprint density at radius 2 is 2.22 bits per heavy atom. The first-order valence-corrected chi connectivity index (χ1v) is 6.70. The standard InChI is InChI=1S/C14H19N3O/c18-14-12(5-2-7-16-14)17-9-11-4-1-3-10-6-8-15-13(10)11/h1,3-4,12,15,17H,2,5-9H2,(H,16,18). The van der Waals surface area contributed by atoms with Crippen molar-refractivity contribution in [2.24, 2.45) is 0 Å². The van der Waals surface area contributed by atoms with E-state index in [2.05, 4.69) is 34.1 Å². The molecule has 1 saturated heterocycles. The summed E-state index contributed by atoms with van der Waals surface area (Å²) < 4.78 is 0. The number of piperidine rings is 1. The van der Waals surface area contributed by atoms with Gasteiger partial charge in [-0.05, 0) is 30.4 Å². The summed E-state index contributed by atoms with van der Waals surface area (Å²) in [5.74, 6) is 0.141. The van der Waals surface area contributed by atoms with Crippen LogP contribution >= 0.6 is 0 Å². The second-order valence-corrected chi connectivity index (χ2v) is 4.99. The third-order valence-corrected chi connectivity index (χ3v) is 3.76. The number of hydrogen-bond acceptors (Lipinski definition) is 3. The molecule has 96 valence electrons. The topological polar surface area (TPSA) is 53.2 Å². The van der Waals surface area contributed by atoms with Crippen LogP contribution in [0.15, 0.2) is 18.2 Å². The van der Waals surface area contributed by atoms with Crippen molar-refractivity contribution in [1.29, 1.82) is 0 Å². The van der Waals surface area contributed by atoms with E-state index in [1.54, 1.807) is 0 Å². The summed E-state index contributed by atoms with van der Waals surface area (Å²) in [5, 5.41) is 9.70. The Morgan fingerprint density at radius 1 is 1.28 bits per heavy atom. The van der Waals surface area contributed by atoms with Gasteiger partial charge in [0.05, 0.1) is 6.04 Å².